The minimum atomic E-state index is -0.591. The number of benzene rings is 1. The lowest BCUT2D eigenvalue weighted by molar-refractivity contribution is -0.129. The number of likely N-dealkylation sites (N-methyl/N-ethyl adjacent to an activating group) is 1. The Morgan fingerprint density at radius 2 is 1.77 bits per heavy atom. The van der Waals surface area contributed by atoms with Crippen LogP contribution in [0, 0.1) is 0 Å². The van der Waals surface area contributed by atoms with Gasteiger partial charge >= 0.3 is 0 Å². The largest absolute Gasteiger partial charge is 0.503 e. The number of carbonyl (C=O) groups is 2. The third-order valence-electron chi connectivity index (χ3n) is 5.94. The normalized spacial score (nSPS) is 17.2. The van der Waals surface area contributed by atoms with E-state index < -0.39 is 17.7 Å². The van der Waals surface area contributed by atoms with Gasteiger partial charge in [-0.3, -0.25) is 9.59 Å². The van der Waals surface area contributed by atoms with E-state index in [-0.39, 0.29) is 16.8 Å². The van der Waals surface area contributed by atoms with Crippen molar-refractivity contribution in [2.75, 3.05) is 26.2 Å². The second kappa shape index (κ2) is 9.37. The van der Waals surface area contributed by atoms with Crippen molar-refractivity contribution in [3.8, 4) is 0 Å². The van der Waals surface area contributed by atoms with Gasteiger partial charge in [-0.2, -0.15) is 0 Å². The predicted octanol–water partition coefficient (Wildman–Crippen LogP) is 4.97. The smallest absolute Gasteiger partial charge is 0.290 e. The molecule has 1 aromatic carbocycles. The number of hydrogen-bond donors (Lipinski definition) is 1. The van der Waals surface area contributed by atoms with Gasteiger partial charge in [-0.15, -0.1) is 11.3 Å². The summed E-state index contributed by atoms with van der Waals surface area (Å²) < 4.78 is 0. The van der Waals surface area contributed by atoms with Crippen LogP contribution in [0.1, 0.15) is 61.5 Å². The molecule has 0 saturated carbocycles. The van der Waals surface area contributed by atoms with Crippen LogP contribution in [-0.4, -0.2) is 52.8 Å². The van der Waals surface area contributed by atoms with Crippen molar-refractivity contribution in [3.63, 3.8) is 0 Å². The molecule has 0 saturated heterocycles. The first kappa shape index (κ1) is 23.2. The molecule has 0 aliphatic carbocycles. The van der Waals surface area contributed by atoms with Crippen LogP contribution in [0.15, 0.2) is 53.1 Å². The number of aliphatic hydroxyl groups excluding tert-OH is 1. The van der Waals surface area contributed by atoms with Gasteiger partial charge in [0.25, 0.3) is 5.91 Å². The van der Waals surface area contributed by atoms with E-state index in [9.17, 15) is 14.7 Å². The molecule has 6 heteroatoms. The van der Waals surface area contributed by atoms with E-state index in [1.54, 1.807) is 17.0 Å². The van der Waals surface area contributed by atoms with Crippen LogP contribution in [0.3, 0.4) is 0 Å². The van der Waals surface area contributed by atoms with Gasteiger partial charge < -0.3 is 14.9 Å². The maximum atomic E-state index is 13.3. The van der Waals surface area contributed by atoms with Gasteiger partial charge in [0.05, 0.1) is 16.5 Å². The Bertz CT molecular complexity index is 952. The summed E-state index contributed by atoms with van der Waals surface area (Å²) in [7, 11) is 0. The Kier molecular flexibility index (Phi) is 7.02. The molecule has 0 unspecified atom stereocenters. The fraction of sp³-hybridized carbons (Fsp3) is 0.440. The molecule has 166 valence electrons. The molecule has 0 fully saturated rings. The van der Waals surface area contributed by atoms with Gasteiger partial charge in [-0.05, 0) is 41.1 Å². The van der Waals surface area contributed by atoms with Crippen molar-refractivity contribution in [3.05, 3.63) is 69.1 Å². The Balaban J connectivity index is 2.02. The molecular weight excluding hydrogens is 408 g/mol. The molecule has 31 heavy (non-hydrogen) atoms. The molecule has 0 spiro atoms. The standard InChI is InChI=1S/C25H32N2O3S/c1-6-26(7-2)14-15-27-21(17-10-12-18(13-11-17)25(3,4)5)20(23(29)24(27)30)22(28)19-9-8-16-31-19/h8-13,16,21,29H,6-7,14-15H2,1-5H3/t21-/m1/s1. The van der Waals surface area contributed by atoms with E-state index in [0.717, 1.165) is 18.7 Å². The van der Waals surface area contributed by atoms with Crippen molar-refractivity contribution in [1.29, 1.82) is 0 Å². The van der Waals surface area contributed by atoms with Crippen LogP contribution in [0.5, 0.6) is 0 Å². The zero-order valence-corrected chi connectivity index (χ0v) is 19.8. The Morgan fingerprint density at radius 1 is 1.13 bits per heavy atom. The van der Waals surface area contributed by atoms with E-state index in [1.165, 1.54) is 16.9 Å². The lowest BCUT2D eigenvalue weighted by Crippen LogP contribution is -2.38. The molecule has 1 amide bonds. The summed E-state index contributed by atoms with van der Waals surface area (Å²) in [4.78, 5) is 30.7. The summed E-state index contributed by atoms with van der Waals surface area (Å²) in [6, 6.07) is 11.0. The first-order valence-corrected chi connectivity index (χ1v) is 11.7. The van der Waals surface area contributed by atoms with Crippen LogP contribution in [0.25, 0.3) is 0 Å². The molecule has 0 bridgehead atoms. The van der Waals surface area contributed by atoms with Crippen molar-refractivity contribution in [2.24, 2.45) is 0 Å². The number of hydrogen-bond acceptors (Lipinski definition) is 5. The van der Waals surface area contributed by atoms with Crippen LogP contribution >= 0.6 is 11.3 Å². The van der Waals surface area contributed by atoms with E-state index in [2.05, 4.69) is 39.5 Å². The van der Waals surface area contributed by atoms with Crippen LogP contribution < -0.4 is 0 Å². The zero-order valence-electron chi connectivity index (χ0n) is 19.0. The summed E-state index contributed by atoms with van der Waals surface area (Å²) in [6.45, 7) is 13.5. The fourth-order valence-electron chi connectivity index (χ4n) is 3.96. The number of nitrogens with zero attached hydrogens (tertiary/aromatic N) is 2. The first-order valence-electron chi connectivity index (χ1n) is 10.8. The van der Waals surface area contributed by atoms with Crippen LogP contribution in [0.2, 0.25) is 0 Å². The van der Waals surface area contributed by atoms with E-state index in [1.807, 2.05) is 29.6 Å². The highest BCUT2D eigenvalue weighted by Crippen LogP contribution is 2.40. The van der Waals surface area contributed by atoms with Gasteiger partial charge in [-0.25, -0.2) is 0 Å². The highest BCUT2D eigenvalue weighted by molar-refractivity contribution is 7.12. The topological polar surface area (TPSA) is 60.9 Å². The van der Waals surface area contributed by atoms with E-state index in [0.29, 0.717) is 18.0 Å². The van der Waals surface area contributed by atoms with Gasteiger partial charge in [0.2, 0.25) is 5.78 Å². The highest BCUT2D eigenvalue weighted by atomic mass is 32.1. The first-order chi connectivity index (χ1) is 14.7. The SMILES string of the molecule is CCN(CC)CCN1C(=O)C(O)=C(C(=O)c2cccs2)[C@H]1c1ccc(C(C)(C)C)cc1. The van der Waals surface area contributed by atoms with Gasteiger partial charge in [-0.1, -0.05) is 65.0 Å². The molecule has 1 aliphatic rings. The number of rotatable bonds is 8. The number of aliphatic hydroxyl groups is 1. The third-order valence-corrected chi connectivity index (χ3v) is 6.81. The van der Waals surface area contributed by atoms with Gasteiger partial charge in [0.1, 0.15) is 0 Å². The molecule has 1 N–H and O–H groups in total. The monoisotopic (exact) mass is 440 g/mol. The molecule has 2 aromatic rings. The summed E-state index contributed by atoms with van der Waals surface area (Å²) in [5, 5.41) is 12.6. The zero-order chi connectivity index (χ0) is 22.8. The highest BCUT2D eigenvalue weighted by Gasteiger charge is 2.43. The molecule has 0 radical (unpaired) electrons. The summed E-state index contributed by atoms with van der Waals surface area (Å²) in [5.41, 5.74) is 2.19. The minimum absolute atomic E-state index is 0.0000615. The predicted molar refractivity (Wildman–Crippen MR) is 126 cm³/mol. The summed E-state index contributed by atoms with van der Waals surface area (Å²) in [6.07, 6.45) is 0. The lowest BCUT2D eigenvalue weighted by Gasteiger charge is -2.30. The molecule has 1 aromatic heterocycles. The number of Topliss-reactive ketones (excluding diaryl/α,β-unsaturated/α-hetero) is 1. The quantitative estimate of drug-likeness (QED) is 0.589. The van der Waals surface area contributed by atoms with Crippen molar-refractivity contribution < 1.29 is 14.7 Å². The minimum Gasteiger partial charge on any atom is -0.503 e. The molecular formula is C25H32N2O3S. The number of ketones is 1. The van der Waals surface area contributed by atoms with Crippen LogP contribution in [-0.2, 0) is 10.2 Å². The summed E-state index contributed by atoms with van der Waals surface area (Å²) >= 11 is 1.32. The van der Waals surface area contributed by atoms with Crippen LogP contribution in [0.4, 0.5) is 0 Å². The number of amides is 1. The average Bonchev–Trinajstić information content (AvgIpc) is 3.36. The fourth-order valence-corrected chi connectivity index (χ4v) is 4.64. The Hall–Kier alpha value is -2.44. The Labute approximate surface area is 189 Å². The second-order valence-electron chi connectivity index (χ2n) is 8.87. The molecule has 3 rings (SSSR count). The van der Waals surface area contributed by atoms with Crippen molar-refractivity contribution in [2.45, 2.75) is 46.1 Å². The van der Waals surface area contributed by atoms with Crippen molar-refractivity contribution >= 4 is 23.0 Å². The van der Waals surface area contributed by atoms with Gasteiger partial charge in [0, 0.05) is 13.1 Å². The molecule has 2 heterocycles. The number of thiophene rings is 1. The van der Waals surface area contributed by atoms with E-state index >= 15 is 0 Å². The lowest BCUT2D eigenvalue weighted by atomic mass is 9.85. The Morgan fingerprint density at radius 3 is 2.29 bits per heavy atom. The van der Waals surface area contributed by atoms with Crippen molar-refractivity contribution in [1.82, 2.24) is 9.80 Å². The maximum absolute atomic E-state index is 13.3. The molecule has 5 nitrogen and oxygen atoms in total. The molecule has 1 atom stereocenters. The number of carbonyl (C=O) groups excluding carboxylic acids is 2. The molecule has 1 aliphatic heterocycles. The average molecular weight is 441 g/mol. The van der Waals surface area contributed by atoms with Gasteiger partial charge in [0.15, 0.2) is 5.76 Å². The third kappa shape index (κ3) is 4.75. The van der Waals surface area contributed by atoms with E-state index in [4.69, 9.17) is 0 Å². The summed E-state index contributed by atoms with van der Waals surface area (Å²) in [5.74, 6) is -1.18. The maximum Gasteiger partial charge on any atom is 0.290 e. The second-order valence-corrected chi connectivity index (χ2v) is 9.82.